The van der Waals surface area contributed by atoms with Crippen LogP contribution in [0.15, 0.2) is 53.4 Å². The third kappa shape index (κ3) is 2.38. The molecule has 1 aliphatic carbocycles. The summed E-state index contributed by atoms with van der Waals surface area (Å²) in [5, 5.41) is 18.4. The number of hydrogen-bond acceptors (Lipinski definition) is 4. The molecule has 1 saturated carbocycles. The molecular weight excluding hydrogens is 344 g/mol. The van der Waals surface area contributed by atoms with Gasteiger partial charge >= 0.3 is 0 Å². The summed E-state index contributed by atoms with van der Waals surface area (Å²) in [5.41, 5.74) is -0.00797. The highest BCUT2D eigenvalue weighted by Gasteiger charge is 2.73. The van der Waals surface area contributed by atoms with E-state index in [2.05, 4.69) is 0 Å². The number of halogens is 1. The normalized spacial score (nSPS) is 21.5. The number of sulfone groups is 1. The van der Waals surface area contributed by atoms with Gasteiger partial charge in [-0.3, -0.25) is 0 Å². The van der Waals surface area contributed by atoms with Crippen LogP contribution in [0.2, 0.25) is 5.02 Å². The van der Waals surface area contributed by atoms with Gasteiger partial charge in [0.2, 0.25) is 0 Å². The van der Waals surface area contributed by atoms with Crippen molar-refractivity contribution in [1.29, 1.82) is 10.5 Å². The molecule has 2 atom stereocenters. The summed E-state index contributed by atoms with van der Waals surface area (Å²) in [4.78, 5) is 0.129. The maximum atomic E-state index is 13.0. The van der Waals surface area contributed by atoms with Gasteiger partial charge < -0.3 is 0 Å². The predicted molar refractivity (Wildman–Crippen MR) is 90.0 cm³/mol. The van der Waals surface area contributed by atoms with E-state index in [1.807, 2.05) is 19.1 Å². The van der Waals surface area contributed by atoms with Gasteiger partial charge in [-0.1, -0.05) is 41.4 Å². The third-order valence-corrected chi connectivity index (χ3v) is 6.91. The van der Waals surface area contributed by atoms with E-state index >= 15 is 0 Å². The quantitative estimate of drug-likeness (QED) is 0.840. The average molecular weight is 357 g/mol. The first-order chi connectivity index (χ1) is 11.4. The molecule has 0 radical (unpaired) electrons. The van der Waals surface area contributed by atoms with Crippen molar-refractivity contribution < 1.29 is 8.42 Å². The van der Waals surface area contributed by atoms with E-state index in [1.54, 1.807) is 36.4 Å². The molecular formula is C18H13ClN2O2S. The van der Waals surface area contributed by atoms with Crippen molar-refractivity contribution in [1.82, 2.24) is 0 Å². The minimum absolute atomic E-state index is 0.129. The summed E-state index contributed by atoms with van der Waals surface area (Å²) in [6.07, 6.45) is 0. The highest BCUT2D eigenvalue weighted by atomic mass is 35.5. The zero-order valence-electron chi connectivity index (χ0n) is 12.8. The Hall–Kier alpha value is -2.34. The molecule has 4 nitrogen and oxygen atoms in total. The maximum absolute atomic E-state index is 13.0. The molecule has 1 fully saturated rings. The van der Waals surface area contributed by atoms with Crippen LogP contribution in [-0.4, -0.2) is 13.7 Å². The van der Waals surface area contributed by atoms with Gasteiger partial charge in [0.25, 0.3) is 0 Å². The Kier molecular flexibility index (Phi) is 3.87. The summed E-state index contributed by atoms with van der Waals surface area (Å²) in [6.45, 7) is 1.86. The maximum Gasteiger partial charge on any atom is 0.184 e. The van der Waals surface area contributed by atoms with Crippen molar-refractivity contribution >= 4 is 21.4 Å². The van der Waals surface area contributed by atoms with Crippen LogP contribution in [0.1, 0.15) is 17.0 Å². The first kappa shape index (κ1) is 16.5. The van der Waals surface area contributed by atoms with Gasteiger partial charge in [-0.25, -0.2) is 8.42 Å². The first-order valence-electron chi connectivity index (χ1n) is 7.25. The van der Waals surface area contributed by atoms with Gasteiger partial charge in [-0.05, 0) is 36.8 Å². The van der Waals surface area contributed by atoms with Crippen molar-refractivity contribution in [2.24, 2.45) is 5.41 Å². The van der Waals surface area contributed by atoms with E-state index in [-0.39, 0.29) is 4.90 Å². The largest absolute Gasteiger partial charge is 0.223 e. The van der Waals surface area contributed by atoms with E-state index in [1.165, 1.54) is 12.1 Å². The van der Waals surface area contributed by atoms with Crippen LogP contribution in [0.3, 0.4) is 0 Å². The molecule has 0 saturated heterocycles. The summed E-state index contributed by atoms with van der Waals surface area (Å²) in [7, 11) is -3.80. The number of benzene rings is 2. The molecule has 2 unspecified atom stereocenters. The minimum Gasteiger partial charge on any atom is -0.223 e. The molecule has 2 aromatic carbocycles. The molecule has 0 aromatic heterocycles. The van der Waals surface area contributed by atoms with Crippen LogP contribution in [0.4, 0.5) is 0 Å². The van der Waals surface area contributed by atoms with Crippen molar-refractivity contribution in [2.45, 2.75) is 23.0 Å². The molecule has 2 aromatic rings. The monoisotopic (exact) mass is 356 g/mol. The average Bonchev–Trinajstić information content (AvgIpc) is 3.26. The van der Waals surface area contributed by atoms with E-state index in [9.17, 15) is 18.9 Å². The van der Waals surface area contributed by atoms with Crippen LogP contribution in [0.5, 0.6) is 0 Å². The van der Waals surface area contributed by atoms with Gasteiger partial charge in [0.05, 0.1) is 17.0 Å². The highest BCUT2D eigenvalue weighted by molar-refractivity contribution is 7.92. The zero-order valence-corrected chi connectivity index (χ0v) is 14.3. The Balaban J connectivity index is 2.09. The fourth-order valence-electron chi connectivity index (χ4n) is 3.05. The molecule has 120 valence electrons. The molecule has 0 spiro atoms. The SMILES string of the molecule is Cc1ccc(S(=O)(=O)C2C(c3ccc(Cl)cc3)C2(C#N)C#N)cc1. The van der Waals surface area contributed by atoms with E-state index in [0.29, 0.717) is 10.6 Å². The van der Waals surface area contributed by atoms with Crippen LogP contribution in [-0.2, 0) is 9.84 Å². The Labute approximate surface area is 145 Å². The fourth-order valence-corrected chi connectivity index (χ4v) is 5.38. The lowest BCUT2D eigenvalue weighted by Crippen LogP contribution is -2.14. The van der Waals surface area contributed by atoms with Gasteiger partial charge in [0.15, 0.2) is 15.3 Å². The molecule has 0 N–H and O–H groups in total. The Morgan fingerprint density at radius 1 is 1.00 bits per heavy atom. The minimum atomic E-state index is -3.80. The van der Waals surface area contributed by atoms with Gasteiger partial charge in [0, 0.05) is 10.9 Å². The van der Waals surface area contributed by atoms with Gasteiger partial charge in [0.1, 0.15) is 5.25 Å². The summed E-state index contributed by atoms with van der Waals surface area (Å²) in [6, 6.07) is 16.9. The van der Waals surface area contributed by atoms with Crippen molar-refractivity contribution in [3.8, 4) is 12.1 Å². The second-order valence-electron chi connectivity index (χ2n) is 5.90. The van der Waals surface area contributed by atoms with Gasteiger partial charge in [-0.2, -0.15) is 10.5 Å². The van der Waals surface area contributed by atoms with Crippen LogP contribution < -0.4 is 0 Å². The first-order valence-corrected chi connectivity index (χ1v) is 9.18. The Bertz CT molecular complexity index is 954. The van der Waals surface area contributed by atoms with Crippen molar-refractivity contribution in [2.75, 3.05) is 0 Å². The topological polar surface area (TPSA) is 81.7 Å². The standard InChI is InChI=1S/C18H13ClN2O2S/c1-12-2-8-15(9-3-12)24(22,23)17-16(18(17,10-20)11-21)13-4-6-14(19)7-5-13/h2-9,16-17H,1H3. The summed E-state index contributed by atoms with van der Waals surface area (Å²) < 4.78 is 25.9. The molecule has 24 heavy (non-hydrogen) atoms. The molecule has 0 aliphatic heterocycles. The Morgan fingerprint density at radius 3 is 2.04 bits per heavy atom. The molecule has 6 heteroatoms. The lowest BCUT2D eigenvalue weighted by molar-refractivity contribution is 0.591. The predicted octanol–water partition coefficient (Wildman–Crippen LogP) is 3.62. The van der Waals surface area contributed by atoms with Crippen LogP contribution in [0.25, 0.3) is 0 Å². The highest BCUT2D eigenvalue weighted by Crippen LogP contribution is 2.63. The second kappa shape index (κ2) is 5.63. The van der Waals surface area contributed by atoms with Crippen molar-refractivity contribution in [3.05, 3.63) is 64.7 Å². The van der Waals surface area contributed by atoms with Crippen molar-refractivity contribution in [3.63, 3.8) is 0 Å². The van der Waals surface area contributed by atoms with Crippen LogP contribution in [0, 0.1) is 35.0 Å². The van der Waals surface area contributed by atoms with Crippen LogP contribution >= 0.6 is 11.6 Å². The summed E-state index contributed by atoms with van der Waals surface area (Å²) in [5.74, 6) is -0.684. The lowest BCUT2D eigenvalue weighted by Gasteiger charge is -2.04. The lowest BCUT2D eigenvalue weighted by atomic mass is 10.0. The third-order valence-electron chi connectivity index (χ3n) is 4.42. The van der Waals surface area contributed by atoms with E-state index in [4.69, 9.17) is 11.6 Å². The zero-order chi connectivity index (χ0) is 17.5. The molecule has 3 rings (SSSR count). The van der Waals surface area contributed by atoms with E-state index in [0.717, 1.165) is 5.56 Å². The number of hydrogen-bond donors (Lipinski definition) is 0. The second-order valence-corrected chi connectivity index (χ2v) is 8.41. The molecule has 0 bridgehead atoms. The number of nitriles is 2. The number of rotatable bonds is 3. The smallest absolute Gasteiger partial charge is 0.184 e. The molecule has 1 aliphatic rings. The summed E-state index contributed by atoms with van der Waals surface area (Å²) >= 11 is 5.86. The molecule has 0 heterocycles. The number of aryl methyl sites for hydroxylation is 1. The number of nitrogens with zero attached hydrogens (tertiary/aromatic N) is 2. The van der Waals surface area contributed by atoms with E-state index < -0.39 is 26.4 Å². The van der Waals surface area contributed by atoms with Gasteiger partial charge in [-0.15, -0.1) is 0 Å². The molecule has 0 amide bonds. The fraction of sp³-hybridized carbons (Fsp3) is 0.222. The Morgan fingerprint density at radius 2 is 1.54 bits per heavy atom.